The fraction of sp³-hybridized carbons (Fsp3) is 0.400. The molecule has 136 valence electrons. The molecule has 0 spiro atoms. The molecule has 4 rings (SSSR count). The predicted octanol–water partition coefficient (Wildman–Crippen LogP) is 3.51. The summed E-state index contributed by atoms with van der Waals surface area (Å²) in [5.74, 6) is -0.205. The van der Waals surface area contributed by atoms with E-state index in [4.69, 9.17) is 0 Å². The number of likely N-dealkylation sites (tertiary alicyclic amines) is 1. The topological polar surface area (TPSA) is 53.4 Å². The molecule has 1 aromatic carbocycles. The van der Waals surface area contributed by atoms with Crippen LogP contribution >= 0.6 is 0 Å². The van der Waals surface area contributed by atoms with Gasteiger partial charge >= 0.3 is 0 Å². The van der Waals surface area contributed by atoms with Crippen LogP contribution in [0.1, 0.15) is 47.8 Å². The molecule has 1 saturated heterocycles. The molecule has 1 aliphatic heterocycles. The Bertz CT molecular complexity index is 1010. The van der Waals surface area contributed by atoms with Crippen LogP contribution in [0.5, 0.6) is 0 Å². The van der Waals surface area contributed by atoms with Gasteiger partial charge in [-0.05, 0) is 50.9 Å². The van der Waals surface area contributed by atoms with E-state index in [1.807, 2.05) is 19.1 Å². The number of aromatic nitrogens is 3. The molecule has 0 saturated carbocycles. The maximum atomic E-state index is 13.5. The van der Waals surface area contributed by atoms with Crippen LogP contribution in [0.4, 0.5) is 4.39 Å². The average molecular weight is 354 g/mol. The van der Waals surface area contributed by atoms with Gasteiger partial charge in [0.2, 0.25) is 0 Å². The van der Waals surface area contributed by atoms with Crippen LogP contribution in [-0.2, 0) is 6.54 Å². The molecule has 26 heavy (non-hydrogen) atoms. The van der Waals surface area contributed by atoms with Crippen LogP contribution in [-0.4, -0.2) is 26.0 Å². The number of hydrogen-bond acceptors (Lipinski definition) is 3. The normalized spacial score (nSPS) is 18.5. The Labute approximate surface area is 151 Å². The summed E-state index contributed by atoms with van der Waals surface area (Å²) in [6.07, 6.45) is 3.28. The Hall–Kier alpha value is -2.47. The number of nitrogens with one attached hydrogen (secondary N) is 1. The van der Waals surface area contributed by atoms with Gasteiger partial charge in [0.1, 0.15) is 5.82 Å². The zero-order valence-corrected chi connectivity index (χ0v) is 15.1. The largest absolute Gasteiger partial charge is 0.292 e. The van der Waals surface area contributed by atoms with E-state index in [1.165, 1.54) is 10.6 Å². The van der Waals surface area contributed by atoms with Crippen molar-refractivity contribution in [2.24, 2.45) is 0 Å². The zero-order valence-electron chi connectivity index (χ0n) is 15.1. The van der Waals surface area contributed by atoms with Gasteiger partial charge in [-0.15, -0.1) is 0 Å². The first kappa shape index (κ1) is 17.0. The van der Waals surface area contributed by atoms with Crippen molar-refractivity contribution in [3.63, 3.8) is 0 Å². The smallest absolute Gasteiger partial charge is 0.275 e. The Morgan fingerprint density at radius 1 is 1.27 bits per heavy atom. The van der Waals surface area contributed by atoms with Crippen molar-refractivity contribution < 1.29 is 4.39 Å². The molecule has 1 N–H and O–H groups in total. The van der Waals surface area contributed by atoms with Crippen LogP contribution in [0.15, 0.2) is 35.1 Å². The summed E-state index contributed by atoms with van der Waals surface area (Å²) in [7, 11) is 0. The van der Waals surface area contributed by atoms with Crippen molar-refractivity contribution >= 4 is 5.65 Å². The van der Waals surface area contributed by atoms with E-state index in [9.17, 15) is 9.18 Å². The quantitative estimate of drug-likeness (QED) is 0.783. The highest BCUT2D eigenvalue weighted by atomic mass is 19.1. The molecular weight excluding hydrogens is 331 g/mol. The van der Waals surface area contributed by atoms with Crippen molar-refractivity contribution in [1.29, 1.82) is 0 Å². The fourth-order valence-corrected chi connectivity index (χ4v) is 3.81. The molecule has 2 aromatic heterocycles. The summed E-state index contributed by atoms with van der Waals surface area (Å²) in [5.41, 5.74) is 4.00. The number of fused-ring (bicyclic) bond motifs is 1. The van der Waals surface area contributed by atoms with Crippen molar-refractivity contribution in [3.05, 3.63) is 69.0 Å². The predicted molar refractivity (Wildman–Crippen MR) is 98.7 cm³/mol. The van der Waals surface area contributed by atoms with E-state index in [0.717, 1.165) is 42.8 Å². The summed E-state index contributed by atoms with van der Waals surface area (Å²) in [5, 5.41) is 3.25. The third-order valence-electron chi connectivity index (χ3n) is 5.35. The Kier molecular flexibility index (Phi) is 4.36. The van der Waals surface area contributed by atoms with Crippen LogP contribution in [0.25, 0.3) is 5.65 Å². The first-order chi connectivity index (χ1) is 12.5. The third kappa shape index (κ3) is 3.05. The number of hydrogen-bond donors (Lipinski definition) is 1. The van der Waals surface area contributed by atoms with Crippen LogP contribution in [0.3, 0.4) is 0 Å². The molecular formula is C20H23FN4O. The number of H-pyrrole nitrogens is 1. The van der Waals surface area contributed by atoms with Gasteiger partial charge in [0.15, 0.2) is 5.65 Å². The molecule has 1 aliphatic rings. The second kappa shape index (κ2) is 6.68. The van der Waals surface area contributed by atoms with E-state index in [0.29, 0.717) is 17.8 Å². The maximum absolute atomic E-state index is 13.5. The Morgan fingerprint density at radius 2 is 2.12 bits per heavy atom. The maximum Gasteiger partial charge on any atom is 0.275 e. The van der Waals surface area contributed by atoms with Crippen molar-refractivity contribution in [3.8, 4) is 0 Å². The van der Waals surface area contributed by atoms with Gasteiger partial charge in [-0.25, -0.2) is 13.9 Å². The first-order valence-electron chi connectivity index (χ1n) is 9.10. The first-order valence-corrected chi connectivity index (χ1v) is 9.10. The molecule has 0 aliphatic carbocycles. The summed E-state index contributed by atoms with van der Waals surface area (Å²) in [6, 6.07) is 8.92. The minimum atomic E-state index is -0.205. The number of nitrogens with zero attached hydrogens (tertiary/aromatic N) is 3. The van der Waals surface area contributed by atoms with Gasteiger partial charge in [-0.1, -0.05) is 18.6 Å². The number of benzene rings is 1. The molecule has 1 atom stereocenters. The minimum absolute atomic E-state index is 0.0498. The Morgan fingerprint density at radius 3 is 2.92 bits per heavy atom. The summed E-state index contributed by atoms with van der Waals surface area (Å²) in [4.78, 5) is 19.4. The number of rotatable bonds is 3. The SMILES string of the molecule is Cc1nc2cc([C@H]3CCCCN3Cc3cccc(F)c3)[nH]n2c(=O)c1C. The van der Waals surface area contributed by atoms with Gasteiger partial charge in [0.25, 0.3) is 5.56 Å². The number of halogens is 1. The molecule has 0 bridgehead atoms. The molecule has 5 nitrogen and oxygen atoms in total. The lowest BCUT2D eigenvalue weighted by molar-refractivity contribution is 0.137. The highest BCUT2D eigenvalue weighted by Crippen LogP contribution is 2.31. The molecule has 3 aromatic rings. The van der Waals surface area contributed by atoms with Crippen LogP contribution < -0.4 is 5.56 Å². The average Bonchev–Trinajstić information content (AvgIpc) is 3.04. The van der Waals surface area contributed by atoms with Crippen LogP contribution in [0.2, 0.25) is 0 Å². The molecule has 6 heteroatoms. The van der Waals surface area contributed by atoms with Gasteiger partial charge in [-0.2, -0.15) is 0 Å². The summed E-state index contributed by atoms with van der Waals surface area (Å²) >= 11 is 0. The minimum Gasteiger partial charge on any atom is -0.292 e. The summed E-state index contributed by atoms with van der Waals surface area (Å²) in [6.45, 7) is 5.31. The monoisotopic (exact) mass is 354 g/mol. The number of aromatic amines is 1. The van der Waals surface area contributed by atoms with Crippen molar-refractivity contribution in [2.45, 2.75) is 45.7 Å². The van der Waals surface area contributed by atoms with E-state index in [2.05, 4.69) is 15.0 Å². The number of aryl methyl sites for hydroxylation is 1. The zero-order chi connectivity index (χ0) is 18.3. The van der Waals surface area contributed by atoms with E-state index < -0.39 is 0 Å². The van der Waals surface area contributed by atoms with Crippen molar-refractivity contribution in [2.75, 3.05) is 6.54 Å². The standard InChI is InChI=1S/C20H23FN4O/c1-13-14(2)22-19-11-17(23-25(19)20(13)26)18-8-3-4-9-24(18)12-15-6-5-7-16(21)10-15/h5-7,10-11,18,23H,3-4,8-9,12H2,1-2H3/t18-/m1/s1. The molecule has 3 heterocycles. The fourth-order valence-electron chi connectivity index (χ4n) is 3.81. The third-order valence-corrected chi connectivity index (χ3v) is 5.35. The van der Waals surface area contributed by atoms with E-state index in [-0.39, 0.29) is 17.4 Å². The second-order valence-corrected chi connectivity index (χ2v) is 7.14. The number of piperidine rings is 1. The Balaban J connectivity index is 1.69. The van der Waals surface area contributed by atoms with Crippen molar-refractivity contribution in [1.82, 2.24) is 19.5 Å². The van der Waals surface area contributed by atoms with Gasteiger partial charge in [0, 0.05) is 23.9 Å². The molecule has 0 radical (unpaired) electrons. The lowest BCUT2D eigenvalue weighted by atomic mass is 9.98. The lowest BCUT2D eigenvalue weighted by Crippen LogP contribution is -2.33. The van der Waals surface area contributed by atoms with Gasteiger partial charge in [-0.3, -0.25) is 14.8 Å². The van der Waals surface area contributed by atoms with Crippen LogP contribution in [0, 0.1) is 19.7 Å². The highest BCUT2D eigenvalue weighted by molar-refractivity contribution is 5.42. The molecule has 1 fully saturated rings. The highest BCUT2D eigenvalue weighted by Gasteiger charge is 2.26. The molecule has 0 unspecified atom stereocenters. The van der Waals surface area contributed by atoms with Gasteiger partial charge in [0.05, 0.1) is 11.7 Å². The van der Waals surface area contributed by atoms with Gasteiger partial charge < -0.3 is 0 Å². The lowest BCUT2D eigenvalue weighted by Gasteiger charge is -2.35. The second-order valence-electron chi connectivity index (χ2n) is 7.14. The molecule has 0 amide bonds. The summed E-state index contributed by atoms with van der Waals surface area (Å²) < 4.78 is 15.1. The van der Waals surface area contributed by atoms with E-state index >= 15 is 0 Å². The van der Waals surface area contributed by atoms with E-state index in [1.54, 1.807) is 19.1 Å².